The molecule has 2 rings (SSSR count). The van der Waals surface area contributed by atoms with Crippen molar-refractivity contribution in [3.63, 3.8) is 0 Å². The van der Waals surface area contributed by atoms with Crippen LogP contribution in [0, 0.1) is 6.92 Å². The van der Waals surface area contributed by atoms with Crippen molar-refractivity contribution in [2.45, 2.75) is 19.8 Å². The first kappa shape index (κ1) is 16.8. The summed E-state index contributed by atoms with van der Waals surface area (Å²) in [5, 5.41) is 3.41. The van der Waals surface area contributed by atoms with E-state index in [1.54, 1.807) is 18.2 Å². The van der Waals surface area contributed by atoms with Gasteiger partial charge in [0.25, 0.3) is 0 Å². The minimum Gasteiger partial charge on any atom is -0.492 e. The van der Waals surface area contributed by atoms with Crippen molar-refractivity contribution in [3.8, 4) is 5.75 Å². The number of carbonyl (C=O) groups is 1. The highest BCUT2D eigenvalue weighted by atomic mass is 79.9. The number of carbonyl (C=O) groups excluding carboxylic acids is 1. The largest absolute Gasteiger partial charge is 0.492 e. The molecule has 0 aromatic heterocycles. The van der Waals surface area contributed by atoms with E-state index in [9.17, 15) is 4.79 Å². The maximum absolute atomic E-state index is 11.8. The Morgan fingerprint density at radius 2 is 2.09 bits per heavy atom. The van der Waals surface area contributed by atoms with Gasteiger partial charge in [-0.05, 0) is 65.2 Å². The number of hydrogen-bond donors (Lipinski definition) is 1. The highest BCUT2D eigenvalue weighted by Gasteiger charge is 2.04. The summed E-state index contributed by atoms with van der Waals surface area (Å²) in [6.07, 6.45) is 1.04. The summed E-state index contributed by atoms with van der Waals surface area (Å²) < 4.78 is 6.59. The van der Waals surface area contributed by atoms with Gasteiger partial charge in [-0.15, -0.1) is 0 Å². The average molecular weight is 383 g/mol. The SMILES string of the molecule is Cc1ccc(OCCCC(=O)Nc2cccc(Cl)c2)c(Br)c1. The first-order valence-corrected chi connectivity index (χ1v) is 8.16. The second kappa shape index (κ2) is 8.20. The normalized spacial score (nSPS) is 10.3. The van der Waals surface area contributed by atoms with E-state index in [0.29, 0.717) is 30.2 Å². The number of anilines is 1. The Bertz CT molecular complexity index is 661. The number of hydrogen-bond acceptors (Lipinski definition) is 2. The minimum absolute atomic E-state index is 0.0474. The third-order valence-electron chi connectivity index (χ3n) is 3.00. The third-order valence-corrected chi connectivity index (χ3v) is 3.86. The van der Waals surface area contributed by atoms with Crippen molar-refractivity contribution in [1.82, 2.24) is 0 Å². The summed E-state index contributed by atoms with van der Waals surface area (Å²) in [6.45, 7) is 2.51. The Kier molecular flexibility index (Phi) is 6.28. The molecule has 0 heterocycles. The van der Waals surface area contributed by atoms with Gasteiger partial charge in [0.1, 0.15) is 5.75 Å². The number of benzene rings is 2. The van der Waals surface area contributed by atoms with Crippen LogP contribution in [0.5, 0.6) is 5.75 Å². The molecule has 2 aromatic rings. The molecule has 0 fully saturated rings. The fourth-order valence-electron chi connectivity index (χ4n) is 1.93. The molecule has 3 nitrogen and oxygen atoms in total. The lowest BCUT2D eigenvalue weighted by Gasteiger charge is -2.09. The van der Waals surface area contributed by atoms with Gasteiger partial charge in [-0.25, -0.2) is 0 Å². The Balaban J connectivity index is 1.73. The summed E-state index contributed by atoms with van der Waals surface area (Å²) >= 11 is 9.34. The lowest BCUT2D eigenvalue weighted by molar-refractivity contribution is -0.116. The molecule has 0 radical (unpaired) electrons. The van der Waals surface area contributed by atoms with Crippen LogP contribution in [0.4, 0.5) is 5.69 Å². The Morgan fingerprint density at radius 1 is 1.27 bits per heavy atom. The fraction of sp³-hybridized carbons (Fsp3) is 0.235. The lowest BCUT2D eigenvalue weighted by Crippen LogP contribution is -2.12. The van der Waals surface area contributed by atoms with Crippen molar-refractivity contribution in [3.05, 3.63) is 57.5 Å². The Morgan fingerprint density at radius 3 is 2.82 bits per heavy atom. The monoisotopic (exact) mass is 381 g/mol. The number of amides is 1. The quantitative estimate of drug-likeness (QED) is 0.697. The zero-order valence-electron chi connectivity index (χ0n) is 12.2. The maximum Gasteiger partial charge on any atom is 0.224 e. The van der Waals surface area contributed by atoms with Gasteiger partial charge in [0.15, 0.2) is 0 Å². The summed E-state index contributed by atoms with van der Waals surface area (Å²) in [5.41, 5.74) is 1.87. The van der Waals surface area contributed by atoms with Crippen LogP contribution in [0.25, 0.3) is 0 Å². The van der Waals surface area contributed by atoms with Gasteiger partial charge in [-0.2, -0.15) is 0 Å². The molecule has 0 saturated carbocycles. The van der Waals surface area contributed by atoms with Crippen molar-refractivity contribution in [2.24, 2.45) is 0 Å². The van der Waals surface area contributed by atoms with E-state index in [1.807, 2.05) is 31.2 Å². The smallest absolute Gasteiger partial charge is 0.224 e. The van der Waals surface area contributed by atoms with E-state index in [-0.39, 0.29) is 5.91 Å². The molecular formula is C17H17BrClNO2. The first-order chi connectivity index (χ1) is 10.5. The molecule has 0 aliphatic rings. The Labute approximate surface area is 143 Å². The van der Waals surface area contributed by atoms with Gasteiger partial charge in [0, 0.05) is 17.1 Å². The van der Waals surface area contributed by atoms with Crippen LogP contribution in [0.15, 0.2) is 46.9 Å². The van der Waals surface area contributed by atoms with Crippen molar-refractivity contribution < 1.29 is 9.53 Å². The summed E-state index contributed by atoms with van der Waals surface area (Å²) in [7, 11) is 0. The van der Waals surface area contributed by atoms with E-state index in [0.717, 1.165) is 10.2 Å². The number of halogens is 2. The predicted molar refractivity (Wildman–Crippen MR) is 93.7 cm³/mol. The molecule has 116 valence electrons. The predicted octanol–water partition coefficient (Wildman–Crippen LogP) is 5.21. The second-order valence-electron chi connectivity index (χ2n) is 4.94. The molecule has 1 amide bonds. The van der Waals surface area contributed by atoms with Crippen LogP contribution in [0.3, 0.4) is 0 Å². The van der Waals surface area contributed by atoms with Crippen LogP contribution in [0.2, 0.25) is 5.02 Å². The van der Waals surface area contributed by atoms with Gasteiger partial charge in [0.05, 0.1) is 11.1 Å². The minimum atomic E-state index is -0.0474. The molecule has 0 aliphatic heterocycles. The first-order valence-electron chi connectivity index (χ1n) is 6.99. The van der Waals surface area contributed by atoms with Gasteiger partial charge in [-0.1, -0.05) is 23.7 Å². The molecule has 0 atom stereocenters. The van der Waals surface area contributed by atoms with E-state index < -0.39 is 0 Å². The van der Waals surface area contributed by atoms with E-state index >= 15 is 0 Å². The van der Waals surface area contributed by atoms with Gasteiger partial charge in [-0.3, -0.25) is 4.79 Å². The molecule has 2 aromatic carbocycles. The van der Waals surface area contributed by atoms with Crippen LogP contribution in [-0.2, 0) is 4.79 Å². The number of aryl methyl sites for hydroxylation is 1. The molecule has 0 bridgehead atoms. The Hall–Kier alpha value is -1.52. The summed E-state index contributed by atoms with van der Waals surface area (Å²) in [5.74, 6) is 0.745. The lowest BCUT2D eigenvalue weighted by atomic mass is 10.2. The van der Waals surface area contributed by atoms with E-state index in [2.05, 4.69) is 21.2 Å². The van der Waals surface area contributed by atoms with Crippen LogP contribution >= 0.6 is 27.5 Å². The standard InChI is InChI=1S/C17H17BrClNO2/c1-12-7-8-16(15(18)10-12)22-9-3-6-17(21)20-14-5-2-4-13(19)11-14/h2,4-5,7-8,10-11H,3,6,9H2,1H3,(H,20,21). The van der Waals surface area contributed by atoms with Crippen LogP contribution in [0.1, 0.15) is 18.4 Å². The second-order valence-corrected chi connectivity index (χ2v) is 6.24. The summed E-state index contributed by atoms with van der Waals surface area (Å²) in [4.78, 5) is 11.8. The van der Waals surface area contributed by atoms with Crippen LogP contribution in [-0.4, -0.2) is 12.5 Å². The van der Waals surface area contributed by atoms with Gasteiger partial charge >= 0.3 is 0 Å². The number of nitrogens with one attached hydrogen (secondary N) is 1. The number of rotatable bonds is 6. The fourth-order valence-corrected chi connectivity index (χ4v) is 2.73. The molecule has 0 spiro atoms. The maximum atomic E-state index is 11.8. The van der Waals surface area contributed by atoms with E-state index in [1.165, 1.54) is 5.56 Å². The topological polar surface area (TPSA) is 38.3 Å². The van der Waals surface area contributed by atoms with Crippen molar-refractivity contribution in [1.29, 1.82) is 0 Å². The molecule has 1 N–H and O–H groups in total. The number of ether oxygens (including phenoxy) is 1. The molecule has 0 aliphatic carbocycles. The highest BCUT2D eigenvalue weighted by Crippen LogP contribution is 2.25. The van der Waals surface area contributed by atoms with Crippen molar-refractivity contribution in [2.75, 3.05) is 11.9 Å². The average Bonchev–Trinajstić information content (AvgIpc) is 2.45. The summed E-state index contributed by atoms with van der Waals surface area (Å²) in [6, 6.07) is 13.0. The van der Waals surface area contributed by atoms with Gasteiger partial charge in [0.2, 0.25) is 5.91 Å². The molecule has 5 heteroatoms. The highest BCUT2D eigenvalue weighted by molar-refractivity contribution is 9.10. The van der Waals surface area contributed by atoms with Crippen molar-refractivity contribution >= 4 is 39.1 Å². The molecule has 0 unspecified atom stereocenters. The molecule has 0 saturated heterocycles. The van der Waals surface area contributed by atoms with Crippen LogP contribution < -0.4 is 10.1 Å². The molecule has 22 heavy (non-hydrogen) atoms. The molecular weight excluding hydrogens is 366 g/mol. The third kappa shape index (κ3) is 5.35. The van der Waals surface area contributed by atoms with Gasteiger partial charge < -0.3 is 10.1 Å². The zero-order chi connectivity index (χ0) is 15.9. The van der Waals surface area contributed by atoms with E-state index in [4.69, 9.17) is 16.3 Å². The zero-order valence-corrected chi connectivity index (χ0v) is 14.6.